The van der Waals surface area contributed by atoms with Crippen molar-refractivity contribution >= 4 is 29.2 Å². The number of carbonyl (C=O) groups is 3. The maximum absolute atomic E-state index is 13.0. The van der Waals surface area contributed by atoms with Crippen molar-refractivity contribution in [2.24, 2.45) is 7.05 Å². The smallest absolute Gasteiger partial charge is 0.325 e. The molecule has 2 heterocycles. The van der Waals surface area contributed by atoms with E-state index in [0.717, 1.165) is 16.2 Å². The summed E-state index contributed by atoms with van der Waals surface area (Å²) >= 11 is 1.02. The first-order valence-electron chi connectivity index (χ1n) is 8.55. The van der Waals surface area contributed by atoms with Gasteiger partial charge in [-0.2, -0.15) is 5.10 Å². The molecule has 0 aromatic carbocycles. The molecular formula is C18H22N4O6S. The number of hydrogen-bond donors (Lipinski definition) is 0. The Labute approximate surface area is 171 Å². The third-order valence-corrected chi connectivity index (χ3v) is 5.48. The number of esters is 2. The molecule has 0 aliphatic carbocycles. The first-order chi connectivity index (χ1) is 13.6. The van der Waals surface area contributed by atoms with Crippen LogP contribution in [0.3, 0.4) is 0 Å². The molecule has 2 rings (SSSR count). The van der Waals surface area contributed by atoms with Crippen LogP contribution in [0.25, 0.3) is 10.6 Å². The van der Waals surface area contributed by atoms with Crippen molar-refractivity contribution in [3.05, 3.63) is 32.2 Å². The summed E-state index contributed by atoms with van der Waals surface area (Å²) in [5.74, 6) is -1.94. The third-order valence-electron chi connectivity index (χ3n) is 4.31. The molecule has 0 saturated carbocycles. The molecule has 0 N–H and O–H groups in total. The predicted molar refractivity (Wildman–Crippen MR) is 105 cm³/mol. The monoisotopic (exact) mass is 422 g/mol. The molecular weight excluding hydrogens is 400 g/mol. The molecule has 11 heteroatoms. The number of ether oxygens (including phenoxy) is 2. The number of hydrogen-bond acceptors (Lipinski definition) is 9. The largest absolute Gasteiger partial charge is 0.468 e. The van der Waals surface area contributed by atoms with E-state index in [1.54, 1.807) is 27.8 Å². The molecule has 0 aliphatic heterocycles. The summed E-state index contributed by atoms with van der Waals surface area (Å²) in [5, 5.41) is 4.50. The van der Waals surface area contributed by atoms with Crippen molar-refractivity contribution in [2.75, 3.05) is 27.3 Å². The lowest BCUT2D eigenvalue weighted by atomic mass is 10.1. The number of aryl methyl sites for hydroxylation is 3. The number of aromatic nitrogens is 3. The minimum Gasteiger partial charge on any atom is -0.468 e. The number of amides is 1. The van der Waals surface area contributed by atoms with Gasteiger partial charge in [0.15, 0.2) is 0 Å². The van der Waals surface area contributed by atoms with Gasteiger partial charge in [-0.25, -0.2) is 9.67 Å². The van der Waals surface area contributed by atoms with Gasteiger partial charge < -0.3 is 14.4 Å². The van der Waals surface area contributed by atoms with Crippen molar-refractivity contribution in [3.63, 3.8) is 0 Å². The Hall–Kier alpha value is -3.08. The second kappa shape index (κ2) is 8.95. The fourth-order valence-electron chi connectivity index (χ4n) is 2.59. The van der Waals surface area contributed by atoms with Crippen LogP contribution in [-0.2, 0) is 26.1 Å². The van der Waals surface area contributed by atoms with Crippen molar-refractivity contribution < 1.29 is 23.9 Å². The summed E-state index contributed by atoms with van der Waals surface area (Å²) in [6.45, 7) is 4.31. The van der Waals surface area contributed by atoms with E-state index in [1.165, 1.54) is 18.9 Å². The minimum absolute atomic E-state index is 0.212. The zero-order chi connectivity index (χ0) is 21.9. The Morgan fingerprint density at radius 1 is 1.03 bits per heavy atom. The molecule has 2 aromatic heterocycles. The standard InChI is InChI=1S/C18H22N4O6S/c1-9-10(2)20-21(4)17(25)14(9)16-19-11(3)15(29-16)18(26)22(7-12(23)27-5)8-13(24)28-6/h7-8H2,1-6H3. The second-order valence-corrected chi connectivity index (χ2v) is 7.26. The van der Waals surface area contributed by atoms with Gasteiger partial charge in [0.1, 0.15) is 23.0 Å². The molecule has 0 atom stereocenters. The van der Waals surface area contributed by atoms with Gasteiger partial charge in [0, 0.05) is 7.05 Å². The first-order valence-corrected chi connectivity index (χ1v) is 9.37. The van der Waals surface area contributed by atoms with Crippen LogP contribution in [-0.4, -0.2) is 64.8 Å². The molecule has 0 radical (unpaired) electrons. The van der Waals surface area contributed by atoms with Crippen molar-refractivity contribution in [3.8, 4) is 10.6 Å². The van der Waals surface area contributed by atoms with Gasteiger partial charge in [0.2, 0.25) is 0 Å². The Morgan fingerprint density at radius 2 is 1.59 bits per heavy atom. The Morgan fingerprint density at radius 3 is 2.10 bits per heavy atom. The van der Waals surface area contributed by atoms with Crippen molar-refractivity contribution in [1.82, 2.24) is 19.7 Å². The van der Waals surface area contributed by atoms with Crippen LogP contribution in [0.2, 0.25) is 0 Å². The van der Waals surface area contributed by atoms with E-state index >= 15 is 0 Å². The average Bonchev–Trinajstić information content (AvgIpc) is 3.06. The highest BCUT2D eigenvalue weighted by Gasteiger charge is 2.27. The lowest BCUT2D eigenvalue weighted by Crippen LogP contribution is -2.40. The normalized spacial score (nSPS) is 10.6. The maximum atomic E-state index is 13.0. The lowest BCUT2D eigenvalue weighted by Gasteiger charge is -2.19. The molecule has 0 spiro atoms. The number of nitrogens with zero attached hydrogens (tertiary/aromatic N) is 4. The zero-order valence-electron chi connectivity index (χ0n) is 17.1. The number of rotatable bonds is 6. The summed E-state index contributed by atoms with van der Waals surface area (Å²) in [5.41, 5.74) is 1.75. The number of thiazole rings is 1. The number of methoxy groups -OCH3 is 2. The molecule has 0 unspecified atom stereocenters. The first kappa shape index (κ1) is 22.2. The van der Waals surface area contributed by atoms with Crippen LogP contribution in [0.5, 0.6) is 0 Å². The van der Waals surface area contributed by atoms with Crippen LogP contribution in [0.1, 0.15) is 26.6 Å². The van der Waals surface area contributed by atoms with Gasteiger partial charge in [-0.05, 0) is 26.3 Å². The highest BCUT2D eigenvalue weighted by molar-refractivity contribution is 7.17. The molecule has 2 aromatic rings. The van der Waals surface area contributed by atoms with Gasteiger partial charge in [0.05, 0.1) is 31.2 Å². The molecule has 0 saturated heterocycles. The summed E-state index contributed by atoms with van der Waals surface area (Å²) < 4.78 is 10.4. The molecule has 0 bridgehead atoms. The Balaban J connectivity index is 2.50. The highest BCUT2D eigenvalue weighted by atomic mass is 32.1. The van der Waals surface area contributed by atoms with Crippen LogP contribution in [0, 0.1) is 20.8 Å². The topological polar surface area (TPSA) is 121 Å². The van der Waals surface area contributed by atoms with E-state index in [2.05, 4.69) is 19.6 Å². The predicted octanol–water partition coefficient (Wildman–Crippen LogP) is 0.617. The van der Waals surface area contributed by atoms with Crippen molar-refractivity contribution in [1.29, 1.82) is 0 Å². The van der Waals surface area contributed by atoms with Gasteiger partial charge in [-0.15, -0.1) is 11.3 Å². The van der Waals surface area contributed by atoms with Gasteiger partial charge in [0.25, 0.3) is 11.5 Å². The molecule has 1 amide bonds. The highest BCUT2D eigenvalue weighted by Crippen LogP contribution is 2.29. The fraction of sp³-hybridized carbons (Fsp3) is 0.444. The average molecular weight is 422 g/mol. The third kappa shape index (κ3) is 4.67. The second-order valence-electron chi connectivity index (χ2n) is 6.26. The quantitative estimate of drug-likeness (QED) is 0.621. The van der Waals surface area contributed by atoms with Crippen LogP contribution in [0.4, 0.5) is 0 Å². The summed E-state index contributed by atoms with van der Waals surface area (Å²) in [6.07, 6.45) is 0. The minimum atomic E-state index is -0.681. The zero-order valence-corrected chi connectivity index (χ0v) is 17.9. The van der Waals surface area contributed by atoms with Crippen LogP contribution < -0.4 is 5.56 Å². The summed E-state index contributed by atoms with van der Waals surface area (Å²) in [4.78, 5) is 54.5. The SMILES string of the molecule is COC(=O)CN(CC(=O)OC)C(=O)c1sc(-c2c(C)c(C)nn(C)c2=O)nc1C. The Bertz CT molecular complexity index is 1010. The lowest BCUT2D eigenvalue weighted by molar-refractivity contribution is -0.144. The Kier molecular flexibility index (Phi) is 6.85. The summed E-state index contributed by atoms with van der Waals surface area (Å²) in [7, 11) is 3.91. The van der Waals surface area contributed by atoms with E-state index in [4.69, 9.17) is 0 Å². The van der Waals surface area contributed by atoms with E-state index in [1.807, 2.05) is 0 Å². The molecule has 156 valence electrons. The summed E-state index contributed by atoms with van der Waals surface area (Å²) in [6, 6.07) is 0. The van der Waals surface area contributed by atoms with E-state index < -0.39 is 30.9 Å². The van der Waals surface area contributed by atoms with Crippen LogP contribution in [0.15, 0.2) is 4.79 Å². The van der Waals surface area contributed by atoms with Gasteiger partial charge >= 0.3 is 11.9 Å². The van der Waals surface area contributed by atoms with Crippen molar-refractivity contribution in [2.45, 2.75) is 20.8 Å². The van der Waals surface area contributed by atoms with E-state index in [-0.39, 0.29) is 10.4 Å². The van der Waals surface area contributed by atoms with Gasteiger partial charge in [-0.1, -0.05) is 0 Å². The molecule has 29 heavy (non-hydrogen) atoms. The van der Waals surface area contributed by atoms with E-state index in [9.17, 15) is 19.2 Å². The molecule has 10 nitrogen and oxygen atoms in total. The van der Waals surface area contributed by atoms with Crippen LogP contribution >= 0.6 is 11.3 Å². The fourth-order valence-corrected chi connectivity index (χ4v) is 3.71. The number of carbonyl (C=O) groups excluding carboxylic acids is 3. The maximum Gasteiger partial charge on any atom is 0.325 e. The van der Waals surface area contributed by atoms with E-state index in [0.29, 0.717) is 27.5 Å². The molecule has 0 fully saturated rings. The molecule has 0 aliphatic rings. The van der Waals surface area contributed by atoms with Gasteiger partial charge in [-0.3, -0.25) is 19.2 Å².